The lowest BCUT2D eigenvalue weighted by molar-refractivity contribution is -0.112. The molecule has 0 aromatic carbocycles. The second-order valence-electron chi connectivity index (χ2n) is 0.918. The van der Waals surface area contributed by atoms with Gasteiger partial charge in [0.15, 0.2) is 0 Å². The Morgan fingerprint density at radius 2 is 2.29 bits per heavy atom. The fourth-order valence-corrected chi connectivity index (χ4v) is 0.273. The maximum Gasteiger partial charge on any atom is 0.224 e. The van der Waals surface area contributed by atoms with Gasteiger partial charge in [-0.1, -0.05) is 0 Å². The molecule has 0 amide bonds. The van der Waals surface area contributed by atoms with Crippen LogP contribution >= 0.6 is 23.5 Å². The van der Waals surface area contributed by atoms with Gasteiger partial charge in [-0.25, -0.2) is 0 Å². The standard InChI is InChI=1S/C3H4Cl2O2/c4-3(6)1-2-7-5/h1-2H2. The molecule has 0 saturated heterocycles. The van der Waals surface area contributed by atoms with Crippen LogP contribution in [-0.2, 0) is 9.08 Å². The number of carbonyl (C=O) groups excluding carboxylic acids is 1. The lowest BCUT2D eigenvalue weighted by atomic mass is 10.5. The van der Waals surface area contributed by atoms with Gasteiger partial charge in [-0.3, -0.25) is 9.08 Å². The van der Waals surface area contributed by atoms with Gasteiger partial charge in [-0.2, -0.15) is 0 Å². The summed E-state index contributed by atoms with van der Waals surface area (Å²) in [6, 6.07) is 0. The van der Waals surface area contributed by atoms with Gasteiger partial charge in [0.25, 0.3) is 0 Å². The molecular weight excluding hydrogens is 139 g/mol. The predicted octanol–water partition coefficient (Wildman–Crippen LogP) is 1.31. The van der Waals surface area contributed by atoms with Crippen LogP contribution in [0.5, 0.6) is 0 Å². The summed E-state index contributed by atoms with van der Waals surface area (Å²) >= 11 is 9.61. The number of hydrogen-bond donors (Lipinski definition) is 0. The molecule has 0 unspecified atom stereocenters. The van der Waals surface area contributed by atoms with Crippen LogP contribution in [0.3, 0.4) is 0 Å². The van der Waals surface area contributed by atoms with E-state index >= 15 is 0 Å². The average Bonchev–Trinajstić information content (AvgIpc) is 1.61. The zero-order valence-corrected chi connectivity index (χ0v) is 5.00. The summed E-state index contributed by atoms with van der Waals surface area (Å²) in [5.41, 5.74) is 0. The molecule has 0 saturated carbocycles. The van der Waals surface area contributed by atoms with Gasteiger partial charge in [0, 0.05) is 6.42 Å². The van der Waals surface area contributed by atoms with E-state index in [1.807, 2.05) is 0 Å². The van der Waals surface area contributed by atoms with E-state index in [1.54, 1.807) is 0 Å². The van der Waals surface area contributed by atoms with E-state index < -0.39 is 5.24 Å². The summed E-state index contributed by atoms with van der Waals surface area (Å²) in [5.74, 6) is 0. The molecule has 0 heterocycles. The van der Waals surface area contributed by atoms with Crippen LogP contribution in [0.25, 0.3) is 0 Å². The monoisotopic (exact) mass is 142 g/mol. The number of carbonyl (C=O) groups is 1. The van der Waals surface area contributed by atoms with Crippen LogP contribution in [0.15, 0.2) is 0 Å². The highest BCUT2D eigenvalue weighted by Gasteiger charge is 1.92. The van der Waals surface area contributed by atoms with Crippen LogP contribution < -0.4 is 0 Å². The Kier molecular flexibility index (Phi) is 4.50. The average molecular weight is 143 g/mol. The van der Waals surface area contributed by atoms with E-state index in [0.29, 0.717) is 0 Å². The molecule has 2 nitrogen and oxygen atoms in total. The second kappa shape index (κ2) is 4.37. The molecule has 42 valence electrons. The summed E-state index contributed by atoms with van der Waals surface area (Å²) in [6.45, 7) is 0.184. The maximum absolute atomic E-state index is 9.83. The van der Waals surface area contributed by atoms with Gasteiger partial charge in [0.2, 0.25) is 5.24 Å². The van der Waals surface area contributed by atoms with Crippen LogP contribution in [0, 0.1) is 0 Å². The highest BCUT2D eigenvalue weighted by Crippen LogP contribution is 1.89. The minimum absolute atomic E-state index is 0.172. The van der Waals surface area contributed by atoms with Crippen molar-refractivity contribution in [3.05, 3.63) is 0 Å². The van der Waals surface area contributed by atoms with Crippen LogP contribution in [-0.4, -0.2) is 11.8 Å². The van der Waals surface area contributed by atoms with Crippen molar-refractivity contribution >= 4 is 28.7 Å². The summed E-state index contributed by atoms with van der Waals surface area (Å²) < 4.78 is 4.02. The number of hydrogen-bond acceptors (Lipinski definition) is 2. The largest absolute Gasteiger partial charge is 0.281 e. The van der Waals surface area contributed by atoms with E-state index in [0.717, 1.165) is 0 Å². The SMILES string of the molecule is O=C(Cl)CCOCl. The summed E-state index contributed by atoms with van der Waals surface area (Å²) in [5, 5.41) is -0.430. The molecule has 0 bridgehead atoms. The van der Waals surface area contributed by atoms with Crippen molar-refractivity contribution in [2.75, 3.05) is 6.61 Å². The number of rotatable bonds is 3. The first-order valence-electron chi connectivity index (χ1n) is 1.69. The summed E-state index contributed by atoms with van der Waals surface area (Å²) in [7, 11) is 0. The van der Waals surface area contributed by atoms with Crippen molar-refractivity contribution in [3.63, 3.8) is 0 Å². The highest BCUT2D eigenvalue weighted by molar-refractivity contribution is 6.63. The normalized spacial score (nSPS) is 8.86. The van der Waals surface area contributed by atoms with E-state index in [4.69, 9.17) is 23.5 Å². The van der Waals surface area contributed by atoms with Crippen molar-refractivity contribution in [1.82, 2.24) is 0 Å². The Balaban J connectivity index is 2.82. The van der Waals surface area contributed by atoms with Gasteiger partial charge in [0.05, 0.1) is 18.5 Å². The van der Waals surface area contributed by atoms with Crippen molar-refractivity contribution in [1.29, 1.82) is 0 Å². The molecule has 0 radical (unpaired) electrons. The molecular formula is C3H4Cl2O2. The molecule has 0 aromatic heterocycles. The van der Waals surface area contributed by atoms with E-state index in [9.17, 15) is 4.79 Å². The van der Waals surface area contributed by atoms with Crippen LogP contribution in [0.4, 0.5) is 0 Å². The van der Waals surface area contributed by atoms with Crippen LogP contribution in [0.2, 0.25) is 0 Å². The van der Waals surface area contributed by atoms with Crippen molar-refractivity contribution in [3.8, 4) is 0 Å². The molecule has 0 fully saturated rings. The molecule has 0 aliphatic carbocycles. The smallest absolute Gasteiger partial charge is 0.224 e. The zero-order chi connectivity index (χ0) is 5.70. The quantitative estimate of drug-likeness (QED) is 0.556. The zero-order valence-electron chi connectivity index (χ0n) is 3.49. The summed E-state index contributed by atoms with van der Waals surface area (Å²) in [4.78, 5) is 9.83. The Morgan fingerprint density at radius 3 is 2.43 bits per heavy atom. The Bertz CT molecular complexity index is 64.0. The van der Waals surface area contributed by atoms with E-state index in [1.165, 1.54) is 0 Å². The Morgan fingerprint density at radius 1 is 1.71 bits per heavy atom. The fourth-order valence-electron chi connectivity index (χ4n) is 0.119. The van der Waals surface area contributed by atoms with E-state index in [-0.39, 0.29) is 13.0 Å². The molecule has 7 heavy (non-hydrogen) atoms. The lowest BCUT2D eigenvalue weighted by Crippen LogP contribution is -1.90. The van der Waals surface area contributed by atoms with Crippen molar-refractivity contribution in [2.45, 2.75) is 6.42 Å². The molecule has 0 aliphatic rings. The fraction of sp³-hybridized carbons (Fsp3) is 0.667. The first-order chi connectivity index (χ1) is 3.27. The second-order valence-corrected chi connectivity index (χ2v) is 1.56. The lowest BCUT2D eigenvalue weighted by Gasteiger charge is -1.84. The maximum atomic E-state index is 9.83. The molecule has 0 aliphatic heterocycles. The molecule has 4 heteroatoms. The van der Waals surface area contributed by atoms with Crippen LogP contribution in [0.1, 0.15) is 6.42 Å². The first kappa shape index (κ1) is 7.21. The van der Waals surface area contributed by atoms with Gasteiger partial charge >= 0.3 is 0 Å². The molecule has 0 aromatic rings. The third-order valence-corrected chi connectivity index (χ3v) is 0.719. The minimum Gasteiger partial charge on any atom is -0.281 e. The minimum atomic E-state index is -0.430. The Labute approximate surface area is 51.5 Å². The van der Waals surface area contributed by atoms with Gasteiger partial charge in [-0.05, 0) is 11.6 Å². The first-order valence-corrected chi connectivity index (χ1v) is 2.38. The highest BCUT2D eigenvalue weighted by atomic mass is 35.5. The van der Waals surface area contributed by atoms with Crippen molar-refractivity contribution < 1.29 is 9.08 Å². The van der Waals surface area contributed by atoms with E-state index in [2.05, 4.69) is 4.29 Å². The molecule has 0 N–H and O–H groups in total. The topological polar surface area (TPSA) is 26.3 Å². The molecule has 0 atom stereocenters. The predicted molar refractivity (Wildman–Crippen MR) is 27.3 cm³/mol. The Hall–Kier alpha value is 0.210. The molecule has 0 rings (SSSR count). The summed E-state index contributed by atoms with van der Waals surface area (Å²) in [6.07, 6.45) is 0.172. The number of halogens is 2. The molecule has 0 spiro atoms. The van der Waals surface area contributed by atoms with Gasteiger partial charge < -0.3 is 0 Å². The van der Waals surface area contributed by atoms with Crippen molar-refractivity contribution in [2.24, 2.45) is 0 Å². The third kappa shape index (κ3) is 6.21. The van der Waals surface area contributed by atoms with Gasteiger partial charge in [0.1, 0.15) is 0 Å². The van der Waals surface area contributed by atoms with Gasteiger partial charge in [-0.15, -0.1) is 0 Å². The third-order valence-electron chi connectivity index (χ3n) is 0.376.